The molecule has 0 aliphatic carbocycles. The van der Waals surface area contributed by atoms with Crippen molar-refractivity contribution in [2.45, 2.75) is 0 Å². The first-order chi connectivity index (χ1) is 28.2. The minimum Gasteiger partial charge on any atom is -0.311 e. The molecule has 2 heterocycles. The molecule has 4 heteroatoms. The molecule has 0 saturated heterocycles. The summed E-state index contributed by atoms with van der Waals surface area (Å²) < 4.78 is 4.57. The summed E-state index contributed by atoms with van der Waals surface area (Å²) in [6.45, 7) is 0. The molecule has 0 atom stereocenters. The van der Waals surface area contributed by atoms with Crippen LogP contribution in [-0.4, -0.2) is 14.0 Å². The van der Waals surface area contributed by atoms with Gasteiger partial charge in [0.15, 0.2) is 0 Å². The Bertz CT molecular complexity index is 3100. The van der Waals surface area contributed by atoms with Crippen LogP contribution in [-0.2, 0) is 0 Å². The van der Waals surface area contributed by atoms with Crippen LogP contribution >= 0.6 is 0 Å². The van der Waals surface area contributed by atoms with E-state index >= 15 is 0 Å². The minimum absolute atomic E-state index is 0.910. The molecule has 0 N–H and O–H groups in total. The molecule has 0 saturated carbocycles. The zero-order chi connectivity index (χ0) is 37.7. The first-order valence-corrected chi connectivity index (χ1v) is 19.4. The van der Waals surface area contributed by atoms with E-state index in [4.69, 9.17) is 4.98 Å². The smallest absolute Gasteiger partial charge is 0.220 e. The molecule has 9 aromatic carbocycles. The summed E-state index contributed by atoms with van der Waals surface area (Å²) in [5, 5.41) is 2.41. The molecule has 0 radical (unpaired) electrons. The standard InChI is InChI=1S/C53H36N4/c1-3-11-37(12-4-1)39-19-27-45(28-20-39)55(46-29-21-40(22-30-46)38-13-5-2-6-14-38)47-31-23-41(24-32-47)42-25-33-48(34-26-42)56-50-17-9-10-18-51(50)57-52-36-44-16-8-7-15-43(44)35-49(52)54-53(56)57/h1-36H. The third-order valence-electron chi connectivity index (χ3n) is 11.1. The molecule has 0 amide bonds. The third kappa shape index (κ3) is 5.74. The summed E-state index contributed by atoms with van der Waals surface area (Å²) in [5.41, 5.74) is 15.9. The molecule has 0 spiro atoms. The van der Waals surface area contributed by atoms with Gasteiger partial charge < -0.3 is 4.90 Å². The van der Waals surface area contributed by atoms with Gasteiger partial charge >= 0.3 is 0 Å². The Balaban J connectivity index is 0.945. The van der Waals surface area contributed by atoms with Crippen LogP contribution in [0.25, 0.3) is 77.7 Å². The van der Waals surface area contributed by atoms with E-state index in [1.54, 1.807) is 0 Å². The first-order valence-electron chi connectivity index (χ1n) is 19.4. The number of aromatic nitrogens is 3. The van der Waals surface area contributed by atoms with Gasteiger partial charge in [0, 0.05) is 22.7 Å². The van der Waals surface area contributed by atoms with Crippen LogP contribution in [0.5, 0.6) is 0 Å². The summed E-state index contributed by atoms with van der Waals surface area (Å²) in [6.07, 6.45) is 0. The van der Waals surface area contributed by atoms with Crippen LogP contribution in [0.15, 0.2) is 218 Å². The highest BCUT2D eigenvalue weighted by atomic mass is 15.2. The van der Waals surface area contributed by atoms with Gasteiger partial charge in [0.05, 0.1) is 22.1 Å². The van der Waals surface area contributed by atoms with Crippen molar-refractivity contribution in [3.8, 4) is 39.1 Å². The lowest BCUT2D eigenvalue weighted by Crippen LogP contribution is -2.09. The normalized spacial score (nSPS) is 11.5. The predicted molar refractivity (Wildman–Crippen MR) is 238 cm³/mol. The summed E-state index contributed by atoms with van der Waals surface area (Å²) in [6, 6.07) is 78.1. The summed E-state index contributed by atoms with van der Waals surface area (Å²) >= 11 is 0. The Morgan fingerprint density at radius 3 is 1.25 bits per heavy atom. The monoisotopic (exact) mass is 728 g/mol. The van der Waals surface area contributed by atoms with E-state index < -0.39 is 0 Å². The molecule has 11 rings (SSSR count). The van der Waals surface area contributed by atoms with Crippen LogP contribution in [0.4, 0.5) is 17.1 Å². The van der Waals surface area contributed by atoms with Gasteiger partial charge in [-0.3, -0.25) is 8.97 Å². The minimum atomic E-state index is 0.910. The van der Waals surface area contributed by atoms with Crippen LogP contribution in [0.3, 0.4) is 0 Å². The second-order valence-corrected chi connectivity index (χ2v) is 14.5. The summed E-state index contributed by atoms with van der Waals surface area (Å²) in [7, 11) is 0. The van der Waals surface area contributed by atoms with Gasteiger partial charge in [0.2, 0.25) is 5.78 Å². The second-order valence-electron chi connectivity index (χ2n) is 14.5. The maximum Gasteiger partial charge on any atom is 0.220 e. The average Bonchev–Trinajstić information content (AvgIpc) is 3.81. The Morgan fingerprint density at radius 2 is 0.737 bits per heavy atom. The van der Waals surface area contributed by atoms with Crippen LogP contribution < -0.4 is 4.90 Å². The number of imidazole rings is 2. The van der Waals surface area contributed by atoms with E-state index in [9.17, 15) is 0 Å². The van der Waals surface area contributed by atoms with Gasteiger partial charge in [-0.1, -0.05) is 146 Å². The molecular formula is C53H36N4. The number of benzene rings is 9. The molecule has 57 heavy (non-hydrogen) atoms. The molecule has 0 unspecified atom stereocenters. The summed E-state index contributed by atoms with van der Waals surface area (Å²) in [5.74, 6) is 0.910. The molecule has 0 aliphatic heterocycles. The van der Waals surface area contributed by atoms with Crippen molar-refractivity contribution in [3.63, 3.8) is 0 Å². The SMILES string of the molecule is c1ccc(-c2ccc(N(c3ccc(-c4ccccc4)cc3)c3ccc(-c4ccc(-n5c6ccccc6n6c7cc8ccccc8cc7nc56)cc4)cc3)cc2)cc1. The van der Waals surface area contributed by atoms with Crippen molar-refractivity contribution in [2.75, 3.05) is 4.90 Å². The number of fused-ring (bicyclic) bond motifs is 6. The number of hydrogen-bond donors (Lipinski definition) is 0. The molecule has 268 valence electrons. The Kier molecular flexibility index (Phi) is 7.78. The van der Waals surface area contributed by atoms with Gasteiger partial charge in [0.1, 0.15) is 0 Å². The number of hydrogen-bond acceptors (Lipinski definition) is 2. The maximum absolute atomic E-state index is 5.20. The van der Waals surface area contributed by atoms with Crippen LogP contribution in [0, 0.1) is 0 Å². The van der Waals surface area contributed by atoms with E-state index in [0.717, 1.165) is 61.7 Å². The van der Waals surface area contributed by atoms with Crippen molar-refractivity contribution < 1.29 is 0 Å². The van der Waals surface area contributed by atoms with Crippen molar-refractivity contribution in [2.24, 2.45) is 0 Å². The highest BCUT2D eigenvalue weighted by Crippen LogP contribution is 2.38. The molecule has 4 nitrogen and oxygen atoms in total. The number of nitrogens with zero attached hydrogens (tertiary/aromatic N) is 4. The molecular weight excluding hydrogens is 693 g/mol. The van der Waals surface area contributed by atoms with Crippen molar-refractivity contribution in [1.82, 2.24) is 14.0 Å². The maximum atomic E-state index is 5.20. The van der Waals surface area contributed by atoms with Gasteiger partial charge in [-0.05, 0) is 117 Å². The van der Waals surface area contributed by atoms with Crippen LogP contribution in [0.2, 0.25) is 0 Å². The van der Waals surface area contributed by atoms with E-state index in [0.29, 0.717) is 0 Å². The number of para-hydroxylation sites is 2. The Hall–Kier alpha value is -7.69. The lowest BCUT2D eigenvalue weighted by atomic mass is 10.0. The quantitative estimate of drug-likeness (QED) is 0.163. The van der Waals surface area contributed by atoms with E-state index in [1.807, 2.05) is 0 Å². The Labute approximate surface area is 330 Å². The third-order valence-corrected chi connectivity index (χ3v) is 11.1. The molecule has 0 fully saturated rings. The van der Waals surface area contributed by atoms with Crippen LogP contribution in [0.1, 0.15) is 0 Å². The Morgan fingerprint density at radius 1 is 0.333 bits per heavy atom. The number of anilines is 3. The van der Waals surface area contributed by atoms with E-state index in [2.05, 4.69) is 232 Å². The van der Waals surface area contributed by atoms with Gasteiger partial charge in [-0.15, -0.1) is 0 Å². The molecule has 11 aromatic rings. The van der Waals surface area contributed by atoms with E-state index in [1.165, 1.54) is 33.0 Å². The average molecular weight is 729 g/mol. The van der Waals surface area contributed by atoms with E-state index in [-0.39, 0.29) is 0 Å². The largest absolute Gasteiger partial charge is 0.311 e. The van der Waals surface area contributed by atoms with Gasteiger partial charge in [0.25, 0.3) is 0 Å². The molecule has 0 bridgehead atoms. The predicted octanol–water partition coefficient (Wildman–Crippen LogP) is 14.1. The molecule has 0 aliphatic rings. The fraction of sp³-hybridized carbons (Fsp3) is 0. The van der Waals surface area contributed by atoms with Crippen molar-refractivity contribution in [3.05, 3.63) is 218 Å². The fourth-order valence-corrected chi connectivity index (χ4v) is 8.26. The second kappa shape index (κ2) is 13.6. The summed E-state index contributed by atoms with van der Waals surface area (Å²) in [4.78, 5) is 7.53. The molecule has 2 aromatic heterocycles. The highest BCUT2D eigenvalue weighted by Gasteiger charge is 2.18. The highest BCUT2D eigenvalue weighted by molar-refractivity contribution is 6.00. The zero-order valence-corrected chi connectivity index (χ0v) is 31.1. The van der Waals surface area contributed by atoms with Gasteiger partial charge in [-0.25, -0.2) is 4.98 Å². The fourth-order valence-electron chi connectivity index (χ4n) is 8.26. The first kappa shape index (κ1) is 32.7. The van der Waals surface area contributed by atoms with Crippen molar-refractivity contribution in [1.29, 1.82) is 0 Å². The van der Waals surface area contributed by atoms with Crippen molar-refractivity contribution >= 4 is 55.7 Å². The number of rotatable bonds is 7. The van der Waals surface area contributed by atoms with Gasteiger partial charge in [-0.2, -0.15) is 0 Å². The zero-order valence-electron chi connectivity index (χ0n) is 31.1. The topological polar surface area (TPSA) is 25.5 Å². The lowest BCUT2D eigenvalue weighted by Gasteiger charge is -2.26. The lowest BCUT2D eigenvalue weighted by molar-refractivity contribution is 1.11.